The number of carbonyl (C=O) groups is 1. The van der Waals surface area contributed by atoms with E-state index < -0.39 is 6.10 Å². The predicted octanol–water partition coefficient (Wildman–Crippen LogP) is 0.850. The summed E-state index contributed by atoms with van der Waals surface area (Å²) < 4.78 is 0. The molecule has 20 heavy (non-hydrogen) atoms. The van der Waals surface area contributed by atoms with Crippen molar-refractivity contribution in [3.63, 3.8) is 0 Å². The first-order chi connectivity index (χ1) is 9.69. The fourth-order valence-corrected chi connectivity index (χ4v) is 1.87. The van der Waals surface area contributed by atoms with E-state index in [9.17, 15) is 9.90 Å². The smallest absolute Gasteiger partial charge is 0.221 e. The number of aliphatic hydroxyl groups is 1. The van der Waals surface area contributed by atoms with Crippen molar-refractivity contribution in [3.8, 4) is 6.07 Å². The van der Waals surface area contributed by atoms with Crippen molar-refractivity contribution >= 4 is 5.91 Å². The third-order valence-electron chi connectivity index (χ3n) is 3.23. The molecule has 5 heteroatoms. The van der Waals surface area contributed by atoms with E-state index in [-0.39, 0.29) is 5.91 Å². The highest BCUT2D eigenvalue weighted by molar-refractivity contribution is 5.76. The van der Waals surface area contributed by atoms with Gasteiger partial charge in [0, 0.05) is 25.6 Å². The summed E-state index contributed by atoms with van der Waals surface area (Å²) in [7, 11) is 0. The van der Waals surface area contributed by atoms with Crippen LogP contribution in [0, 0.1) is 11.3 Å². The predicted molar refractivity (Wildman–Crippen MR) is 74.8 cm³/mol. The van der Waals surface area contributed by atoms with E-state index in [4.69, 9.17) is 5.26 Å². The normalized spacial score (nSPS) is 15.4. The Kier molecular flexibility index (Phi) is 5.10. The van der Waals surface area contributed by atoms with Gasteiger partial charge >= 0.3 is 0 Å². The first kappa shape index (κ1) is 14.5. The molecule has 0 radical (unpaired) electrons. The van der Waals surface area contributed by atoms with Crippen molar-refractivity contribution in [2.75, 3.05) is 13.1 Å². The second-order valence-corrected chi connectivity index (χ2v) is 5.05. The minimum atomic E-state index is -0.630. The molecule has 1 aromatic rings. The summed E-state index contributed by atoms with van der Waals surface area (Å²) in [5.41, 5.74) is 1.34. The zero-order chi connectivity index (χ0) is 14.4. The number of hydrogen-bond donors (Lipinski definition) is 3. The van der Waals surface area contributed by atoms with E-state index in [1.165, 1.54) is 0 Å². The molecule has 1 saturated carbocycles. The maximum Gasteiger partial charge on any atom is 0.221 e. The van der Waals surface area contributed by atoms with E-state index in [0.717, 1.165) is 18.4 Å². The molecule has 1 aromatic carbocycles. The average molecular weight is 273 g/mol. The van der Waals surface area contributed by atoms with E-state index in [0.29, 0.717) is 31.1 Å². The Morgan fingerprint density at radius 3 is 2.70 bits per heavy atom. The second-order valence-electron chi connectivity index (χ2n) is 5.05. The third kappa shape index (κ3) is 4.65. The zero-order valence-corrected chi connectivity index (χ0v) is 11.3. The Bertz CT molecular complexity index is 489. The van der Waals surface area contributed by atoms with Gasteiger partial charge in [-0.3, -0.25) is 4.79 Å². The summed E-state index contributed by atoms with van der Waals surface area (Å²) in [6.45, 7) is 0.939. The molecule has 1 atom stereocenters. The van der Waals surface area contributed by atoms with Crippen molar-refractivity contribution in [3.05, 3.63) is 35.4 Å². The summed E-state index contributed by atoms with van der Waals surface area (Å²) >= 11 is 0. The van der Waals surface area contributed by atoms with Crippen LogP contribution in [0.25, 0.3) is 0 Å². The maximum absolute atomic E-state index is 11.4. The molecular formula is C15H19N3O2. The van der Waals surface area contributed by atoms with Crippen LogP contribution in [-0.4, -0.2) is 30.1 Å². The van der Waals surface area contributed by atoms with Gasteiger partial charge < -0.3 is 15.7 Å². The van der Waals surface area contributed by atoms with Crippen LogP contribution in [0.4, 0.5) is 0 Å². The topological polar surface area (TPSA) is 85.2 Å². The Labute approximate surface area is 118 Å². The van der Waals surface area contributed by atoms with Gasteiger partial charge in [-0.15, -0.1) is 0 Å². The first-order valence-electron chi connectivity index (χ1n) is 6.87. The van der Waals surface area contributed by atoms with Gasteiger partial charge in [-0.2, -0.15) is 5.26 Å². The lowest BCUT2D eigenvalue weighted by molar-refractivity contribution is -0.121. The summed E-state index contributed by atoms with van der Waals surface area (Å²) in [5, 5.41) is 24.6. The van der Waals surface area contributed by atoms with Crippen LogP contribution in [0.15, 0.2) is 24.3 Å². The maximum atomic E-state index is 11.4. The minimum Gasteiger partial charge on any atom is -0.387 e. The van der Waals surface area contributed by atoms with Gasteiger partial charge in [0.25, 0.3) is 0 Å². The van der Waals surface area contributed by atoms with Crippen LogP contribution in [0.2, 0.25) is 0 Å². The van der Waals surface area contributed by atoms with Crippen molar-refractivity contribution in [2.24, 2.45) is 0 Å². The molecule has 1 aliphatic rings. The van der Waals surface area contributed by atoms with Crippen LogP contribution in [-0.2, 0) is 4.79 Å². The molecule has 5 nitrogen and oxygen atoms in total. The standard InChI is InChI=1S/C15H19N3O2/c16-9-11-1-3-12(4-2-11)14(19)10-17-8-7-15(20)18-13-5-6-13/h1-4,13-14,17,19H,5-8,10H2,(H,18,20). The molecule has 0 bridgehead atoms. The highest BCUT2D eigenvalue weighted by atomic mass is 16.3. The van der Waals surface area contributed by atoms with Gasteiger partial charge in [-0.05, 0) is 30.5 Å². The average Bonchev–Trinajstić information content (AvgIpc) is 3.27. The van der Waals surface area contributed by atoms with Crippen molar-refractivity contribution in [2.45, 2.75) is 31.4 Å². The van der Waals surface area contributed by atoms with E-state index in [1.807, 2.05) is 6.07 Å². The second kappa shape index (κ2) is 7.04. The highest BCUT2D eigenvalue weighted by Gasteiger charge is 2.22. The molecule has 1 aliphatic carbocycles. The molecule has 1 unspecified atom stereocenters. The number of nitrogens with zero attached hydrogens (tertiary/aromatic N) is 1. The van der Waals surface area contributed by atoms with E-state index in [2.05, 4.69) is 10.6 Å². The molecular weight excluding hydrogens is 254 g/mol. The Morgan fingerprint density at radius 1 is 1.40 bits per heavy atom. The number of carbonyl (C=O) groups excluding carboxylic acids is 1. The zero-order valence-electron chi connectivity index (χ0n) is 11.3. The van der Waals surface area contributed by atoms with Crippen LogP contribution >= 0.6 is 0 Å². The number of hydrogen-bond acceptors (Lipinski definition) is 4. The third-order valence-corrected chi connectivity index (χ3v) is 3.23. The number of benzene rings is 1. The Morgan fingerprint density at radius 2 is 2.10 bits per heavy atom. The molecule has 1 amide bonds. The lowest BCUT2D eigenvalue weighted by Gasteiger charge is -2.12. The minimum absolute atomic E-state index is 0.0628. The SMILES string of the molecule is N#Cc1ccc(C(O)CNCCC(=O)NC2CC2)cc1. The fraction of sp³-hybridized carbons (Fsp3) is 0.467. The van der Waals surface area contributed by atoms with Gasteiger partial charge in [-0.25, -0.2) is 0 Å². The van der Waals surface area contributed by atoms with E-state index >= 15 is 0 Å². The molecule has 0 aromatic heterocycles. The molecule has 0 heterocycles. The number of aliphatic hydroxyl groups excluding tert-OH is 1. The quantitative estimate of drug-likeness (QED) is 0.643. The summed E-state index contributed by atoms with van der Waals surface area (Å²) in [6, 6.07) is 9.28. The highest BCUT2D eigenvalue weighted by Crippen LogP contribution is 2.18. The number of amides is 1. The van der Waals surface area contributed by atoms with E-state index in [1.54, 1.807) is 24.3 Å². The first-order valence-corrected chi connectivity index (χ1v) is 6.87. The van der Waals surface area contributed by atoms with Crippen molar-refractivity contribution in [1.29, 1.82) is 5.26 Å². The lowest BCUT2D eigenvalue weighted by atomic mass is 10.1. The fourth-order valence-electron chi connectivity index (χ4n) is 1.87. The largest absolute Gasteiger partial charge is 0.387 e. The van der Waals surface area contributed by atoms with Gasteiger partial charge in [0.05, 0.1) is 17.7 Å². The van der Waals surface area contributed by atoms with Gasteiger partial charge in [0.15, 0.2) is 0 Å². The van der Waals surface area contributed by atoms with Crippen LogP contribution in [0.5, 0.6) is 0 Å². The summed E-state index contributed by atoms with van der Waals surface area (Å²) in [6.07, 6.45) is 1.98. The van der Waals surface area contributed by atoms with Crippen LogP contribution in [0.3, 0.4) is 0 Å². The van der Waals surface area contributed by atoms with Gasteiger partial charge in [-0.1, -0.05) is 12.1 Å². The van der Waals surface area contributed by atoms with Crippen LogP contribution < -0.4 is 10.6 Å². The Balaban J connectivity index is 1.64. The molecule has 2 rings (SSSR count). The number of nitrogens with one attached hydrogen (secondary N) is 2. The molecule has 0 spiro atoms. The molecule has 0 saturated heterocycles. The molecule has 3 N–H and O–H groups in total. The van der Waals surface area contributed by atoms with Gasteiger partial charge in [0.1, 0.15) is 0 Å². The summed E-state index contributed by atoms with van der Waals surface area (Å²) in [4.78, 5) is 11.4. The Hall–Kier alpha value is -1.90. The summed E-state index contributed by atoms with van der Waals surface area (Å²) in [5.74, 6) is 0.0628. The van der Waals surface area contributed by atoms with Gasteiger partial charge in [0.2, 0.25) is 5.91 Å². The molecule has 1 fully saturated rings. The number of rotatable bonds is 7. The number of nitriles is 1. The lowest BCUT2D eigenvalue weighted by Crippen LogP contribution is -2.30. The monoisotopic (exact) mass is 273 g/mol. The molecule has 106 valence electrons. The molecule has 0 aliphatic heterocycles. The van der Waals surface area contributed by atoms with Crippen molar-refractivity contribution < 1.29 is 9.90 Å². The van der Waals surface area contributed by atoms with Crippen LogP contribution in [0.1, 0.15) is 36.5 Å². The van der Waals surface area contributed by atoms with Crippen molar-refractivity contribution in [1.82, 2.24) is 10.6 Å².